The number of alkyl carbamates (subject to hydrolysis) is 1. The van der Waals surface area contributed by atoms with Gasteiger partial charge < -0.3 is 15.4 Å². The Balaban J connectivity index is 2.55. The van der Waals surface area contributed by atoms with E-state index in [9.17, 15) is 9.59 Å². The highest BCUT2D eigenvalue weighted by Crippen LogP contribution is 2.13. The maximum atomic E-state index is 12.1. The summed E-state index contributed by atoms with van der Waals surface area (Å²) in [5.74, 6) is 1.08. The SMILES string of the molecule is CCNC(=O)[C@@H](CSCc1ccccc1)NC(=O)OC(C)(C)C. The van der Waals surface area contributed by atoms with Crippen molar-refractivity contribution in [3.05, 3.63) is 35.9 Å². The zero-order valence-electron chi connectivity index (χ0n) is 14.2. The number of amides is 2. The molecule has 0 unspecified atom stereocenters. The fourth-order valence-electron chi connectivity index (χ4n) is 1.80. The van der Waals surface area contributed by atoms with Crippen LogP contribution in [-0.2, 0) is 15.3 Å². The summed E-state index contributed by atoms with van der Waals surface area (Å²) in [6.07, 6.45) is -0.575. The van der Waals surface area contributed by atoms with Gasteiger partial charge in [-0.2, -0.15) is 11.8 Å². The van der Waals surface area contributed by atoms with E-state index in [2.05, 4.69) is 10.6 Å². The van der Waals surface area contributed by atoms with Crippen LogP contribution in [0.5, 0.6) is 0 Å². The molecule has 128 valence electrons. The van der Waals surface area contributed by atoms with Gasteiger partial charge in [0.2, 0.25) is 5.91 Å². The molecule has 1 atom stereocenters. The van der Waals surface area contributed by atoms with Crippen LogP contribution in [0.4, 0.5) is 4.79 Å². The Morgan fingerprint density at radius 3 is 2.43 bits per heavy atom. The highest BCUT2D eigenvalue weighted by Gasteiger charge is 2.23. The van der Waals surface area contributed by atoms with Crippen molar-refractivity contribution in [1.82, 2.24) is 10.6 Å². The van der Waals surface area contributed by atoms with Crippen LogP contribution in [0, 0.1) is 0 Å². The monoisotopic (exact) mass is 338 g/mol. The third-order valence-electron chi connectivity index (χ3n) is 2.75. The maximum absolute atomic E-state index is 12.1. The van der Waals surface area contributed by atoms with Gasteiger partial charge in [0.1, 0.15) is 11.6 Å². The van der Waals surface area contributed by atoms with E-state index >= 15 is 0 Å². The Kier molecular flexibility index (Phi) is 7.95. The van der Waals surface area contributed by atoms with E-state index in [1.165, 1.54) is 5.56 Å². The van der Waals surface area contributed by atoms with Gasteiger partial charge in [0.05, 0.1) is 0 Å². The smallest absolute Gasteiger partial charge is 0.408 e. The molecule has 1 aromatic rings. The van der Waals surface area contributed by atoms with E-state index in [1.807, 2.05) is 37.3 Å². The molecule has 0 bridgehead atoms. The molecule has 0 fully saturated rings. The first-order valence-corrected chi connectivity index (χ1v) is 8.86. The second kappa shape index (κ2) is 9.45. The molecule has 0 radical (unpaired) electrons. The predicted octanol–water partition coefficient (Wildman–Crippen LogP) is 2.95. The molecule has 0 spiro atoms. The Labute approximate surface area is 142 Å². The fraction of sp³-hybridized carbons (Fsp3) is 0.529. The van der Waals surface area contributed by atoms with Gasteiger partial charge in [-0.1, -0.05) is 30.3 Å². The third-order valence-corrected chi connectivity index (χ3v) is 3.86. The van der Waals surface area contributed by atoms with Crippen LogP contribution >= 0.6 is 11.8 Å². The second-order valence-corrected chi connectivity index (χ2v) is 7.12. The molecule has 0 aliphatic rings. The van der Waals surface area contributed by atoms with Crippen LogP contribution in [0.15, 0.2) is 30.3 Å². The number of thioether (sulfide) groups is 1. The number of carbonyl (C=O) groups excluding carboxylic acids is 2. The van der Waals surface area contributed by atoms with Gasteiger partial charge in [-0.15, -0.1) is 0 Å². The van der Waals surface area contributed by atoms with Crippen molar-refractivity contribution >= 4 is 23.8 Å². The minimum absolute atomic E-state index is 0.195. The molecule has 1 aromatic carbocycles. The molecule has 0 aromatic heterocycles. The van der Waals surface area contributed by atoms with Crippen LogP contribution in [0.2, 0.25) is 0 Å². The Hall–Kier alpha value is -1.69. The van der Waals surface area contributed by atoms with E-state index in [0.717, 1.165) is 5.75 Å². The topological polar surface area (TPSA) is 67.4 Å². The van der Waals surface area contributed by atoms with Gasteiger partial charge in [-0.05, 0) is 33.3 Å². The van der Waals surface area contributed by atoms with Crippen molar-refractivity contribution in [3.8, 4) is 0 Å². The predicted molar refractivity (Wildman–Crippen MR) is 94.4 cm³/mol. The summed E-state index contributed by atoms with van der Waals surface area (Å²) in [6.45, 7) is 7.74. The van der Waals surface area contributed by atoms with E-state index in [0.29, 0.717) is 12.3 Å². The molecule has 2 amide bonds. The number of hydrogen-bond acceptors (Lipinski definition) is 4. The number of nitrogens with one attached hydrogen (secondary N) is 2. The van der Waals surface area contributed by atoms with Crippen LogP contribution in [-0.4, -0.2) is 35.9 Å². The molecule has 23 heavy (non-hydrogen) atoms. The molecule has 5 nitrogen and oxygen atoms in total. The van der Waals surface area contributed by atoms with Gasteiger partial charge in [0.15, 0.2) is 0 Å². The molecule has 0 heterocycles. The summed E-state index contributed by atoms with van der Waals surface area (Å²) in [6, 6.07) is 9.39. The molecule has 0 saturated carbocycles. The van der Waals surface area contributed by atoms with E-state index in [4.69, 9.17) is 4.74 Å². The average molecular weight is 338 g/mol. The highest BCUT2D eigenvalue weighted by atomic mass is 32.2. The summed E-state index contributed by atoms with van der Waals surface area (Å²) < 4.78 is 5.22. The lowest BCUT2D eigenvalue weighted by molar-refractivity contribution is -0.122. The zero-order chi connectivity index (χ0) is 17.3. The summed E-state index contributed by atoms with van der Waals surface area (Å²) >= 11 is 1.60. The Bertz CT molecular complexity index is 500. The quantitative estimate of drug-likeness (QED) is 0.802. The molecule has 0 aliphatic heterocycles. The van der Waals surface area contributed by atoms with Crippen molar-refractivity contribution < 1.29 is 14.3 Å². The van der Waals surface area contributed by atoms with Crippen LogP contribution < -0.4 is 10.6 Å². The van der Waals surface area contributed by atoms with Crippen molar-refractivity contribution in [3.63, 3.8) is 0 Å². The molecule has 1 rings (SSSR count). The minimum Gasteiger partial charge on any atom is -0.444 e. The number of likely N-dealkylation sites (N-methyl/N-ethyl adjacent to an activating group) is 1. The molecule has 6 heteroatoms. The first kappa shape index (κ1) is 19.4. The first-order valence-electron chi connectivity index (χ1n) is 7.70. The highest BCUT2D eigenvalue weighted by molar-refractivity contribution is 7.98. The van der Waals surface area contributed by atoms with Crippen LogP contribution in [0.3, 0.4) is 0 Å². The fourth-order valence-corrected chi connectivity index (χ4v) is 2.82. The molecule has 0 saturated heterocycles. The Morgan fingerprint density at radius 1 is 1.22 bits per heavy atom. The molecule has 2 N–H and O–H groups in total. The number of ether oxygens (including phenoxy) is 1. The summed E-state index contributed by atoms with van der Waals surface area (Å²) in [5, 5.41) is 5.39. The lowest BCUT2D eigenvalue weighted by Crippen LogP contribution is -2.49. The maximum Gasteiger partial charge on any atom is 0.408 e. The second-order valence-electron chi connectivity index (χ2n) is 6.09. The molecular formula is C17H26N2O3S. The number of hydrogen-bond donors (Lipinski definition) is 2. The van der Waals surface area contributed by atoms with Crippen molar-refractivity contribution in [2.75, 3.05) is 12.3 Å². The number of rotatable bonds is 7. The zero-order valence-corrected chi connectivity index (χ0v) is 15.0. The van der Waals surface area contributed by atoms with Gasteiger partial charge in [-0.3, -0.25) is 4.79 Å². The van der Waals surface area contributed by atoms with Crippen molar-refractivity contribution in [2.24, 2.45) is 0 Å². The normalized spacial score (nSPS) is 12.3. The third kappa shape index (κ3) is 8.50. The standard InChI is InChI=1S/C17H26N2O3S/c1-5-18-15(20)14(19-16(21)22-17(2,3)4)12-23-11-13-9-7-6-8-10-13/h6-10,14H,5,11-12H2,1-4H3,(H,18,20)(H,19,21)/t14-/m1/s1. The Morgan fingerprint density at radius 2 is 1.87 bits per heavy atom. The summed E-state index contributed by atoms with van der Waals surface area (Å²) in [7, 11) is 0. The summed E-state index contributed by atoms with van der Waals surface area (Å²) in [5.41, 5.74) is 0.594. The van der Waals surface area contributed by atoms with Gasteiger partial charge >= 0.3 is 6.09 Å². The molecular weight excluding hydrogens is 312 g/mol. The van der Waals surface area contributed by atoms with Crippen LogP contribution in [0.25, 0.3) is 0 Å². The average Bonchev–Trinajstić information content (AvgIpc) is 2.45. The van der Waals surface area contributed by atoms with Crippen molar-refractivity contribution in [2.45, 2.75) is 45.1 Å². The van der Waals surface area contributed by atoms with E-state index in [-0.39, 0.29) is 5.91 Å². The van der Waals surface area contributed by atoms with Crippen LogP contribution in [0.1, 0.15) is 33.3 Å². The van der Waals surface area contributed by atoms with Gasteiger partial charge in [0, 0.05) is 18.1 Å². The van der Waals surface area contributed by atoms with Crippen molar-refractivity contribution in [1.29, 1.82) is 0 Å². The van der Waals surface area contributed by atoms with Gasteiger partial charge in [-0.25, -0.2) is 4.79 Å². The minimum atomic E-state index is -0.612. The number of benzene rings is 1. The molecule has 0 aliphatic carbocycles. The van der Waals surface area contributed by atoms with Gasteiger partial charge in [0.25, 0.3) is 0 Å². The number of carbonyl (C=O) groups is 2. The summed E-state index contributed by atoms with van der Waals surface area (Å²) in [4.78, 5) is 24.0. The van der Waals surface area contributed by atoms with E-state index in [1.54, 1.807) is 32.5 Å². The lowest BCUT2D eigenvalue weighted by Gasteiger charge is -2.23. The lowest BCUT2D eigenvalue weighted by atomic mass is 10.2. The first-order chi connectivity index (χ1) is 10.8. The van der Waals surface area contributed by atoms with E-state index < -0.39 is 17.7 Å². The largest absolute Gasteiger partial charge is 0.444 e.